The summed E-state index contributed by atoms with van der Waals surface area (Å²) >= 11 is 7.54. The molecule has 2 aromatic rings. The molecule has 0 atom stereocenters. The van der Waals surface area contributed by atoms with E-state index in [9.17, 15) is 4.79 Å². The van der Waals surface area contributed by atoms with Crippen LogP contribution in [0.5, 0.6) is 0 Å². The van der Waals surface area contributed by atoms with Crippen molar-refractivity contribution in [1.82, 2.24) is 15.2 Å². The Labute approximate surface area is 113 Å². The third kappa shape index (κ3) is 2.83. The van der Waals surface area contributed by atoms with Crippen LogP contribution in [-0.2, 0) is 0 Å². The molecule has 18 heavy (non-hydrogen) atoms. The van der Waals surface area contributed by atoms with E-state index < -0.39 is 0 Å². The Balaban J connectivity index is 2.23. The topological polar surface area (TPSA) is 70.7 Å². The second-order valence-electron chi connectivity index (χ2n) is 3.54. The smallest absolute Gasteiger partial charge is 0.259 e. The van der Waals surface area contributed by atoms with Gasteiger partial charge in [0, 0.05) is 4.90 Å². The van der Waals surface area contributed by atoms with Gasteiger partial charge in [-0.1, -0.05) is 11.6 Å². The van der Waals surface area contributed by atoms with Crippen molar-refractivity contribution in [3.63, 3.8) is 0 Å². The maximum Gasteiger partial charge on any atom is 0.259 e. The highest BCUT2D eigenvalue weighted by Gasteiger charge is 2.13. The summed E-state index contributed by atoms with van der Waals surface area (Å²) < 4.78 is 0. The molecule has 0 bridgehead atoms. The molecule has 1 aromatic heterocycles. The molecule has 0 fully saturated rings. The lowest BCUT2D eigenvalue weighted by Crippen LogP contribution is -2.13. The second kappa shape index (κ2) is 5.41. The van der Waals surface area contributed by atoms with Crippen molar-refractivity contribution in [1.29, 1.82) is 0 Å². The maximum atomic E-state index is 12.0. The van der Waals surface area contributed by atoms with Gasteiger partial charge in [-0.15, -0.1) is 16.9 Å². The second-order valence-corrected chi connectivity index (χ2v) is 4.83. The van der Waals surface area contributed by atoms with E-state index in [1.54, 1.807) is 30.8 Å². The number of nitrogens with zero attached hydrogens (tertiary/aromatic N) is 2. The van der Waals surface area contributed by atoms with Crippen LogP contribution in [0.3, 0.4) is 0 Å². The van der Waals surface area contributed by atoms with Crippen molar-refractivity contribution >= 4 is 35.2 Å². The van der Waals surface area contributed by atoms with Gasteiger partial charge in [0.2, 0.25) is 5.95 Å². The highest BCUT2D eigenvalue weighted by Crippen LogP contribution is 2.23. The summed E-state index contributed by atoms with van der Waals surface area (Å²) in [6.45, 7) is 1.75. The average Bonchev–Trinajstić information content (AvgIpc) is 2.75. The number of benzene rings is 1. The molecule has 0 unspecified atom stereocenters. The van der Waals surface area contributed by atoms with Gasteiger partial charge in [-0.05, 0) is 31.4 Å². The van der Waals surface area contributed by atoms with Crippen molar-refractivity contribution in [3.05, 3.63) is 34.6 Å². The number of hydrogen-bond donors (Lipinski definition) is 2. The Morgan fingerprint density at radius 1 is 1.50 bits per heavy atom. The van der Waals surface area contributed by atoms with E-state index in [1.165, 1.54) is 0 Å². The largest absolute Gasteiger partial charge is 0.289 e. The first kappa shape index (κ1) is 12.9. The first-order valence-electron chi connectivity index (χ1n) is 5.14. The number of carbonyl (C=O) groups excluding carboxylic acids is 1. The van der Waals surface area contributed by atoms with E-state index in [1.807, 2.05) is 12.3 Å². The Morgan fingerprint density at radius 2 is 2.28 bits per heavy atom. The van der Waals surface area contributed by atoms with Gasteiger partial charge in [0.15, 0.2) is 0 Å². The summed E-state index contributed by atoms with van der Waals surface area (Å²) in [4.78, 5) is 17.0. The summed E-state index contributed by atoms with van der Waals surface area (Å²) in [6, 6.07) is 5.30. The minimum Gasteiger partial charge on any atom is -0.289 e. The monoisotopic (exact) mass is 282 g/mol. The van der Waals surface area contributed by atoms with E-state index >= 15 is 0 Å². The SMILES string of the molecule is CSc1ccc(Cl)c(C(=O)Nc2n[nH]c(C)n2)c1. The van der Waals surface area contributed by atoms with Crippen LogP contribution in [0.25, 0.3) is 0 Å². The van der Waals surface area contributed by atoms with E-state index in [0.29, 0.717) is 16.4 Å². The standard InChI is InChI=1S/C11H11ClN4OS/c1-6-13-11(16-15-6)14-10(17)8-5-7(18-2)3-4-9(8)12/h3-5H,1-2H3,(H2,13,14,15,16,17). The number of carbonyl (C=O) groups is 1. The summed E-state index contributed by atoms with van der Waals surface area (Å²) in [5.41, 5.74) is 0.408. The number of aromatic nitrogens is 3. The molecule has 1 aromatic carbocycles. The molecule has 7 heteroatoms. The molecular formula is C11H11ClN4OS. The van der Waals surface area contributed by atoms with Crippen LogP contribution < -0.4 is 5.32 Å². The number of halogens is 1. The van der Waals surface area contributed by atoms with Crippen molar-refractivity contribution in [2.45, 2.75) is 11.8 Å². The molecule has 0 saturated heterocycles. The molecule has 94 valence electrons. The number of amides is 1. The van der Waals surface area contributed by atoms with Gasteiger partial charge in [-0.25, -0.2) is 0 Å². The minimum atomic E-state index is -0.324. The van der Waals surface area contributed by atoms with E-state index in [0.717, 1.165) is 4.90 Å². The summed E-state index contributed by atoms with van der Waals surface area (Å²) in [5, 5.41) is 9.47. The molecule has 5 nitrogen and oxygen atoms in total. The quantitative estimate of drug-likeness (QED) is 0.849. The zero-order valence-electron chi connectivity index (χ0n) is 9.82. The third-order valence-corrected chi connectivity index (χ3v) is 3.30. The fourth-order valence-electron chi connectivity index (χ4n) is 1.37. The molecular weight excluding hydrogens is 272 g/mol. The number of hydrogen-bond acceptors (Lipinski definition) is 4. The lowest BCUT2D eigenvalue weighted by atomic mass is 10.2. The molecule has 0 saturated carbocycles. The number of anilines is 1. The Bertz CT molecular complexity index is 584. The molecule has 0 spiro atoms. The summed E-state index contributed by atoms with van der Waals surface area (Å²) in [6.07, 6.45) is 1.93. The lowest BCUT2D eigenvalue weighted by molar-refractivity contribution is 0.102. The Kier molecular flexibility index (Phi) is 3.88. The van der Waals surface area contributed by atoms with Gasteiger partial charge in [0.05, 0.1) is 10.6 Å². The van der Waals surface area contributed by atoms with Crippen molar-refractivity contribution < 1.29 is 4.79 Å². The van der Waals surface area contributed by atoms with Crippen LogP contribution in [0.1, 0.15) is 16.2 Å². The minimum absolute atomic E-state index is 0.239. The molecule has 0 aliphatic heterocycles. The molecule has 2 N–H and O–H groups in total. The number of aromatic amines is 1. The zero-order valence-corrected chi connectivity index (χ0v) is 11.4. The molecule has 0 aliphatic carbocycles. The number of H-pyrrole nitrogens is 1. The van der Waals surface area contributed by atoms with Crippen LogP contribution >= 0.6 is 23.4 Å². The lowest BCUT2D eigenvalue weighted by Gasteiger charge is -2.05. The normalized spacial score (nSPS) is 10.4. The number of nitrogens with one attached hydrogen (secondary N) is 2. The first-order chi connectivity index (χ1) is 8.60. The van der Waals surface area contributed by atoms with Gasteiger partial charge >= 0.3 is 0 Å². The molecule has 0 aliphatic rings. The fraction of sp³-hybridized carbons (Fsp3) is 0.182. The molecule has 1 heterocycles. The molecule has 0 radical (unpaired) electrons. The zero-order chi connectivity index (χ0) is 13.1. The van der Waals surface area contributed by atoms with Crippen molar-refractivity contribution in [3.8, 4) is 0 Å². The Morgan fingerprint density at radius 3 is 2.89 bits per heavy atom. The highest BCUT2D eigenvalue weighted by atomic mass is 35.5. The third-order valence-electron chi connectivity index (χ3n) is 2.24. The van der Waals surface area contributed by atoms with Gasteiger partial charge in [-0.3, -0.25) is 15.2 Å². The van der Waals surface area contributed by atoms with Crippen LogP contribution in [0.4, 0.5) is 5.95 Å². The van der Waals surface area contributed by atoms with Gasteiger partial charge < -0.3 is 0 Å². The van der Waals surface area contributed by atoms with E-state index in [4.69, 9.17) is 11.6 Å². The predicted octanol–water partition coefficient (Wildman–Crippen LogP) is 2.74. The van der Waals surface area contributed by atoms with Crippen LogP contribution in [0, 0.1) is 6.92 Å². The van der Waals surface area contributed by atoms with E-state index in [-0.39, 0.29) is 11.9 Å². The number of rotatable bonds is 3. The number of thioether (sulfide) groups is 1. The van der Waals surface area contributed by atoms with Gasteiger partial charge in [0.25, 0.3) is 5.91 Å². The van der Waals surface area contributed by atoms with Crippen LogP contribution in [0.2, 0.25) is 5.02 Å². The van der Waals surface area contributed by atoms with Crippen LogP contribution in [-0.4, -0.2) is 27.3 Å². The van der Waals surface area contributed by atoms with E-state index in [2.05, 4.69) is 20.5 Å². The average molecular weight is 283 g/mol. The molecule has 1 amide bonds. The predicted molar refractivity (Wildman–Crippen MR) is 72.3 cm³/mol. The highest BCUT2D eigenvalue weighted by molar-refractivity contribution is 7.98. The molecule has 2 rings (SSSR count). The van der Waals surface area contributed by atoms with Gasteiger partial charge in [-0.2, -0.15) is 4.98 Å². The fourth-order valence-corrected chi connectivity index (χ4v) is 2.02. The first-order valence-corrected chi connectivity index (χ1v) is 6.74. The summed E-state index contributed by atoms with van der Waals surface area (Å²) in [5.74, 6) is 0.548. The van der Waals surface area contributed by atoms with Crippen molar-refractivity contribution in [2.75, 3.05) is 11.6 Å². The maximum absolute atomic E-state index is 12.0. The van der Waals surface area contributed by atoms with Gasteiger partial charge in [0.1, 0.15) is 5.82 Å². The van der Waals surface area contributed by atoms with Crippen molar-refractivity contribution in [2.24, 2.45) is 0 Å². The Hall–Kier alpha value is -1.53. The number of aryl methyl sites for hydroxylation is 1. The van der Waals surface area contributed by atoms with Crippen LogP contribution in [0.15, 0.2) is 23.1 Å². The summed E-state index contributed by atoms with van der Waals surface area (Å²) in [7, 11) is 0.